The summed E-state index contributed by atoms with van der Waals surface area (Å²) in [6, 6.07) is 0. The second kappa shape index (κ2) is 3.70. The molecule has 12 heavy (non-hydrogen) atoms. The van der Waals surface area contributed by atoms with E-state index in [4.69, 9.17) is 15.2 Å². The Balaban J connectivity index is 2.36. The molecule has 0 aromatic heterocycles. The average Bonchev–Trinajstić information content (AvgIpc) is 2.31. The van der Waals surface area contributed by atoms with Gasteiger partial charge in [0.15, 0.2) is 5.79 Å². The Morgan fingerprint density at radius 2 is 2.33 bits per heavy atom. The van der Waals surface area contributed by atoms with Crippen molar-refractivity contribution >= 4 is 0 Å². The lowest BCUT2D eigenvalue weighted by Gasteiger charge is -2.19. The van der Waals surface area contributed by atoms with Gasteiger partial charge in [0.1, 0.15) is 6.10 Å². The quantitative estimate of drug-likeness (QED) is 0.626. The molecule has 0 radical (unpaired) electrons. The summed E-state index contributed by atoms with van der Waals surface area (Å²) in [7, 11) is 0. The van der Waals surface area contributed by atoms with Gasteiger partial charge >= 0.3 is 0 Å². The van der Waals surface area contributed by atoms with E-state index < -0.39 is 11.9 Å². The standard InChI is InChI=1S/C8H17NO3/c1-8(2)11-5-7(12-8)6(10)3-4-9/h6-7,10H,3-5,9H2,1-2H3/t6-,7?/m1/s1. The van der Waals surface area contributed by atoms with Crippen LogP contribution in [0.3, 0.4) is 0 Å². The number of aliphatic hydroxyl groups excluding tert-OH is 1. The lowest BCUT2D eigenvalue weighted by Crippen LogP contribution is -2.32. The summed E-state index contributed by atoms with van der Waals surface area (Å²) in [4.78, 5) is 0. The van der Waals surface area contributed by atoms with E-state index in [1.54, 1.807) is 0 Å². The van der Waals surface area contributed by atoms with Crippen molar-refractivity contribution < 1.29 is 14.6 Å². The highest BCUT2D eigenvalue weighted by Gasteiger charge is 2.36. The highest BCUT2D eigenvalue weighted by molar-refractivity contribution is 4.77. The fourth-order valence-corrected chi connectivity index (χ4v) is 1.26. The molecule has 4 heteroatoms. The van der Waals surface area contributed by atoms with Gasteiger partial charge in [0.2, 0.25) is 0 Å². The van der Waals surface area contributed by atoms with Crippen molar-refractivity contribution in [2.75, 3.05) is 13.2 Å². The van der Waals surface area contributed by atoms with Crippen molar-refractivity contribution in [3.05, 3.63) is 0 Å². The molecule has 4 nitrogen and oxygen atoms in total. The maximum atomic E-state index is 9.50. The molecule has 1 fully saturated rings. The molecular formula is C8H17NO3. The first-order valence-corrected chi connectivity index (χ1v) is 4.25. The van der Waals surface area contributed by atoms with Gasteiger partial charge in [-0.2, -0.15) is 0 Å². The summed E-state index contributed by atoms with van der Waals surface area (Å²) in [5.74, 6) is -0.555. The van der Waals surface area contributed by atoms with Crippen LogP contribution in [-0.4, -0.2) is 36.3 Å². The monoisotopic (exact) mass is 175 g/mol. The van der Waals surface area contributed by atoms with Gasteiger partial charge in [-0.15, -0.1) is 0 Å². The third-order valence-corrected chi connectivity index (χ3v) is 1.92. The molecule has 1 aliphatic rings. The Labute approximate surface area is 72.6 Å². The normalized spacial score (nSPS) is 30.5. The van der Waals surface area contributed by atoms with Crippen LogP contribution in [0.25, 0.3) is 0 Å². The summed E-state index contributed by atoms with van der Waals surface area (Å²) in [5.41, 5.74) is 5.31. The molecule has 1 rings (SSSR count). The highest BCUT2D eigenvalue weighted by Crippen LogP contribution is 2.24. The molecular weight excluding hydrogens is 158 g/mol. The van der Waals surface area contributed by atoms with E-state index in [-0.39, 0.29) is 6.10 Å². The lowest BCUT2D eigenvalue weighted by molar-refractivity contribution is -0.151. The molecule has 3 N–H and O–H groups in total. The largest absolute Gasteiger partial charge is 0.390 e. The van der Waals surface area contributed by atoms with Crippen LogP contribution in [0.2, 0.25) is 0 Å². The zero-order valence-electron chi connectivity index (χ0n) is 7.62. The Hall–Kier alpha value is -0.160. The minimum absolute atomic E-state index is 0.219. The molecule has 0 bridgehead atoms. The van der Waals surface area contributed by atoms with E-state index in [1.807, 2.05) is 13.8 Å². The Morgan fingerprint density at radius 3 is 2.75 bits per heavy atom. The van der Waals surface area contributed by atoms with E-state index in [0.29, 0.717) is 19.6 Å². The summed E-state index contributed by atoms with van der Waals surface area (Å²) in [6.07, 6.45) is -0.162. The average molecular weight is 175 g/mol. The van der Waals surface area contributed by atoms with Crippen LogP contribution >= 0.6 is 0 Å². The van der Waals surface area contributed by atoms with Crippen LogP contribution in [0.1, 0.15) is 20.3 Å². The highest BCUT2D eigenvalue weighted by atomic mass is 16.7. The van der Waals surface area contributed by atoms with E-state index in [9.17, 15) is 5.11 Å². The first kappa shape index (κ1) is 9.92. The van der Waals surface area contributed by atoms with Crippen LogP contribution in [0.15, 0.2) is 0 Å². The second-order valence-corrected chi connectivity index (χ2v) is 3.51. The summed E-state index contributed by atoms with van der Waals surface area (Å²) < 4.78 is 10.7. The zero-order chi connectivity index (χ0) is 9.19. The maximum absolute atomic E-state index is 9.50. The maximum Gasteiger partial charge on any atom is 0.163 e. The first-order chi connectivity index (χ1) is 5.55. The van der Waals surface area contributed by atoms with Gasteiger partial charge in [0, 0.05) is 0 Å². The summed E-state index contributed by atoms with van der Waals surface area (Å²) in [5, 5.41) is 9.50. The molecule has 0 aromatic carbocycles. The van der Waals surface area contributed by atoms with Gasteiger partial charge in [-0.05, 0) is 26.8 Å². The molecule has 0 saturated carbocycles. The number of nitrogens with two attached hydrogens (primary N) is 1. The molecule has 1 heterocycles. The third-order valence-electron chi connectivity index (χ3n) is 1.92. The minimum atomic E-state index is -0.555. The Bertz CT molecular complexity index is 149. The molecule has 0 aliphatic carbocycles. The predicted molar refractivity (Wildman–Crippen MR) is 44.6 cm³/mol. The van der Waals surface area contributed by atoms with Crippen LogP contribution in [0.5, 0.6) is 0 Å². The molecule has 0 spiro atoms. The van der Waals surface area contributed by atoms with Gasteiger partial charge in [0.05, 0.1) is 12.7 Å². The predicted octanol–water partition coefficient (Wildman–Crippen LogP) is -0.152. The van der Waals surface area contributed by atoms with Crippen molar-refractivity contribution in [1.29, 1.82) is 0 Å². The molecule has 72 valence electrons. The molecule has 0 amide bonds. The van der Waals surface area contributed by atoms with Crippen LogP contribution in [0, 0.1) is 0 Å². The van der Waals surface area contributed by atoms with Crippen LogP contribution in [-0.2, 0) is 9.47 Å². The van der Waals surface area contributed by atoms with Gasteiger partial charge in [-0.25, -0.2) is 0 Å². The lowest BCUT2D eigenvalue weighted by atomic mass is 10.1. The molecule has 1 aliphatic heterocycles. The van der Waals surface area contributed by atoms with E-state index >= 15 is 0 Å². The van der Waals surface area contributed by atoms with Crippen molar-refractivity contribution in [1.82, 2.24) is 0 Å². The molecule has 1 unspecified atom stereocenters. The number of aliphatic hydroxyl groups is 1. The smallest absolute Gasteiger partial charge is 0.163 e. The fourth-order valence-electron chi connectivity index (χ4n) is 1.26. The van der Waals surface area contributed by atoms with E-state index in [2.05, 4.69) is 0 Å². The number of hydrogen-bond donors (Lipinski definition) is 2. The molecule has 0 aromatic rings. The molecule has 1 saturated heterocycles. The third kappa shape index (κ3) is 2.42. The summed E-state index contributed by atoms with van der Waals surface area (Å²) in [6.45, 7) is 4.60. The van der Waals surface area contributed by atoms with Gasteiger partial charge in [-0.3, -0.25) is 0 Å². The first-order valence-electron chi connectivity index (χ1n) is 4.25. The molecule has 2 atom stereocenters. The van der Waals surface area contributed by atoms with Crippen molar-refractivity contribution in [2.24, 2.45) is 5.73 Å². The SMILES string of the molecule is CC1(C)OCC([C@H](O)CCN)O1. The van der Waals surface area contributed by atoms with E-state index in [0.717, 1.165) is 0 Å². The topological polar surface area (TPSA) is 64.7 Å². The number of ether oxygens (including phenoxy) is 2. The van der Waals surface area contributed by atoms with Crippen molar-refractivity contribution in [2.45, 2.75) is 38.3 Å². The fraction of sp³-hybridized carbons (Fsp3) is 1.00. The Morgan fingerprint density at radius 1 is 1.67 bits per heavy atom. The van der Waals surface area contributed by atoms with Gasteiger partial charge in [0.25, 0.3) is 0 Å². The zero-order valence-corrected chi connectivity index (χ0v) is 7.62. The van der Waals surface area contributed by atoms with Crippen LogP contribution in [0.4, 0.5) is 0 Å². The Kier molecular flexibility index (Phi) is 3.06. The van der Waals surface area contributed by atoms with Crippen LogP contribution < -0.4 is 5.73 Å². The minimum Gasteiger partial charge on any atom is -0.390 e. The number of hydrogen-bond acceptors (Lipinski definition) is 4. The number of rotatable bonds is 3. The van der Waals surface area contributed by atoms with Gasteiger partial charge in [-0.1, -0.05) is 0 Å². The second-order valence-electron chi connectivity index (χ2n) is 3.51. The van der Waals surface area contributed by atoms with E-state index in [1.165, 1.54) is 0 Å². The summed E-state index contributed by atoms with van der Waals surface area (Å²) >= 11 is 0. The van der Waals surface area contributed by atoms with Crippen molar-refractivity contribution in [3.63, 3.8) is 0 Å². The van der Waals surface area contributed by atoms with Crippen molar-refractivity contribution in [3.8, 4) is 0 Å². The van der Waals surface area contributed by atoms with Gasteiger partial charge < -0.3 is 20.3 Å².